The number of para-hydroxylation sites is 1. The van der Waals surface area contributed by atoms with Crippen molar-refractivity contribution < 1.29 is 14.3 Å². The van der Waals surface area contributed by atoms with E-state index in [2.05, 4.69) is 15.8 Å². The second-order valence-electron chi connectivity index (χ2n) is 4.24. The van der Waals surface area contributed by atoms with E-state index in [-0.39, 0.29) is 12.2 Å². The lowest BCUT2D eigenvalue weighted by molar-refractivity contribution is -0.126. The molecule has 0 unspecified atom stereocenters. The molecule has 7 nitrogen and oxygen atoms in total. The van der Waals surface area contributed by atoms with Crippen molar-refractivity contribution >= 4 is 28.4 Å². The minimum Gasteiger partial charge on any atom is -0.397 e. The van der Waals surface area contributed by atoms with Gasteiger partial charge in [0.15, 0.2) is 0 Å². The van der Waals surface area contributed by atoms with Crippen LogP contribution in [0.5, 0.6) is 0 Å². The summed E-state index contributed by atoms with van der Waals surface area (Å²) in [5.74, 6) is -0.979. The third-order valence-electron chi connectivity index (χ3n) is 2.81. The highest BCUT2D eigenvalue weighted by Crippen LogP contribution is 2.22. The molecule has 0 atom stereocenters. The summed E-state index contributed by atoms with van der Waals surface area (Å²) < 4.78 is 4.91. The first-order valence-corrected chi connectivity index (χ1v) is 6.43. The molecule has 0 aliphatic heterocycles. The second kappa shape index (κ2) is 6.67. The van der Waals surface area contributed by atoms with Crippen molar-refractivity contribution in [1.29, 1.82) is 0 Å². The number of hydrazine groups is 1. The zero-order chi connectivity index (χ0) is 15.2. The van der Waals surface area contributed by atoms with Crippen LogP contribution in [-0.4, -0.2) is 30.0 Å². The Kier molecular flexibility index (Phi) is 4.68. The summed E-state index contributed by atoms with van der Waals surface area (Å²) in [6.45, 7) is 2.07. The van der Waals surface area contributed by atoms with E-state index in [4.69, 9.17) is 10.5 Å². The average Bonchev–Trinajstić information content (AvgIpc) is 2.51. The van der Waals surface area contributed by atoms with Crippen molar-refractivity contribution in [3.63, 3.8) is 0 Å². The molecule has 1 aromatic heterocycles. The number of carbonyl (C=O) groups is 2. The molecular formula is C14H16N4O3. The highest BCUT2D eigenvalue weighted by Gasteiger charge is 2.13. The van der Waals surface area contributed by atoms with E-state index in [0.29, 0.717) is 23.2 Å². The number of aromatic nitrogens is 1. The highest BCUT2D eigenvalue weighted by molar-refractivity contribution is 6.06. The molecule has 4 N–H and O–H groups in total. The van der Waals surface area contributed by atoms with Crippen LogP contribution in [0.2, 0.25) is 0 Å². The van der Waals surface area contributed by atoms with Gasteiger partial charge in [0.2, 0.25) is 0 Å². The molecule has 21 heavy (non-hydrogen) atoms. The van der Waals surface area contributed by atoms with Gasteiger partial charge in [-0.1, -0.05) is 18.2 Å². The lowest BCUT2D eigenvalue weighted by Crippen LogP contribution is -2.43. The number of rotatable bonds is 4. The molecular weight excluding hydrogens is 272 g/mol. The minimum atomic E-state index is -0.532. The summed E-state index contributed by atoms with van der Waals surface area (Å²) in [5, 5.41) is 0.686. The number of hydrogen-bond acceptors (Lipinski definition) is 5. The highest BCUT2D eigenvalue weighted by atomic mass is 16.5. The number of benzene rings is 1. The zero-order valence-corrected chi connectivity index (χ0v) is 11.6. The van der Waals surface area contributed by atoms with E-state index in [0.717, 1.165) is 0 Å². The number of anilines is 1. The topological polar surface area (TPSA) is 106 Å². The Morgan fingerprint density at radius 2 is 2.05 bits per heavy atom. The number of carbonyl (C=O) groups excluding carboxylic acids is 2. The van der Waals surface area contributed by atoms with E-state index in [1.54, 1.807) is 19.1 Å². The summed E-state index contributed by atoms with van der Waals surface area (Å²) in [6.07, 6.45) is 1.38. The molecule has 110 valence electrons. The Bertz CT molecular complexity index is 672. The van der Waals surface area contributed by atoms with Gasteiger partial charge in [0.1, 0.15) is 6.61 Å². The van der Waals surface area contributed by atoms with E-state index < -0.39 is 11.8 Å². The summed E-state index contributed by atoms with van der Waals surface area (Å²) in [7, 11) is 0. The van der Waals surface area contributed by atoms with Gasteiger partial charge in [-0.2, -0.15) is 0 Å². The summed E-state index contributed by atoms with van der Waals surface area (Å²) in [6, 6.07) is 7.23. The Morgan fingerprint density at radius 3 is 2.81 bits per heavy atom. The molecule has 0 fully saturated rings. The second-order valence-corrected chi connectivity index (χ2v) is 4.24. The zero-order valence-electron chi connectivity index (χ0n) is 11.6. The first-order chi connectivity index (χ1) is 10.1. The lowest BCUT2D eigenvalue weighted by Gasteiger charge is -2.10. The molecule has 0 radical (unpaired) electrons. The van der Waals surface area contributed by atoms with E-state index in [1.165, 1.54) is 6.20 Å². The van der Waals surface area contributed by atoms with Gasteiger partial charge < -0.3 is 10.5 Å². The lowest BCUT2D eigenvalue weighted by atomic mass is 10.1. The third kappa shape index (κ3) is 3.46. The van der Waals surface area contributed by atoms with Crippen molar-refractivity contribution in [3.8, 4) is 0 Å². The molecule has 2 rings (SSSR count). The Hall–Kier alpha value is -2.67. The van der Waals surface area contributed by atoms with Crippen LogP contribution in [0, 0.1) is 0 Å². The smallest absolute Gasteiger partial charge is 0.273 e. The number of nitrogens with two attached hydrogens (primary N) is 1. The van der Waals surface area contributed by atoms with Crippen molar-refractivity contribution in [2.75, 3.05) is 18.9 Å². The van der Waals surface area contributed by atoms with Crippen molar-refractivity contribution in [1.82, 2.24) is 15.8 Å². The number of pyridine rings is 1. The molecule has 1 aromatic carbocycles. The number of nitrogens with one attached hydrogen (secondary N) is 2. The molecule has 0 spiro atoms. The fraction of sp³-hybridized carbons (Fsp3) is 0.214. The van der Waals surface area contributed by atoms with Gasteiger partial charge in [-0.3, -0.25) is 25.4 Å². The van der Waals surface area contributed by atoms with E-state index in [1.807, 2.05) is 12.1 Å². The minimum absolute atomic E-state index is 0.123. The average molecular weight is 288 g/mol. The van der Waals surface area contributed by atoms with Crippen LogP contribution in [0.4, 0.5) is 5.69 Å². The molecule has 0 saturated carbocycles. The molecule has 0 aliphatic rings. The fourth-order valence-electron chi connectivity index (χ4n) is 1.77. The third-order valence-corrected chi connectivity index (χ3v) is 2.81. The summed E-state index contributed by atoms with van der Waals surface area (Å²) in [4.78, 5) is 27.5. The molecule has 1 heterocycles. The number of nitrogens with zero attached hydrogens (tertiary/aromatic N) is 1. The number of fused-ring (bicyclic) bond motifs is 1. The van der Waals surface area contributed by atoms with Crippen LogP contribution in [0.3, 0.4) is 0 Å². The summed E-state index contributed by atoms with van der Waals surface area (Å²) in [5.41, 5.74) is 11.7. The summed E-state index contributed by atoms with van der Waals surface area (Å²) >= 11 is 0. The molecule has 0 bridgehead atoms. The van der Waals surface area contributed by atoms with Gasteiger partial charge in [0.25, 0.3) is 11.8 Å². The monoisotopic (exact) mass is 288 g/mol. The van der Waals surface area contributed by atoms with Gasteiger partial charge in [0, 0.05) is 18.2 Å². The van der Waals surface area contributed by atoms with Crippen molar-refractivity contribution in [2.24, 2.45) is 0 Å². The number of amides is 2. The van der Waals surface area contributed by atoms with Crippen molar-refractivity contribution in [3.05, 3.63) is 36.0 Å². The quantitative estimate of drug-likeness (QED) is 0.715. The first-order valence-electron chi connectivity index (χ1n) is 6.43. The number of hydrogen-bond donors (Lipinski definition) is 3. The maximum absolute atomic E-state index is 12.0. The Balaban J connectivity index is 2.09. The van der Waals surface area contributed by atoms with Crippen LogP contribution in [0.25, 0.3) is 10.9 Å². The van der Waals surface area contributed by atoms with Gasteiger partial charge in [0.05, 0.1) is 16.8 Å². The standard InChI is InChI=1S/C14H16N4O3/c1-2-21-8-12(19)17-18-14(20)10-7-16-11-6-4-3-5-9(11)13(10)15/h3-7H,2,8H2,1H3,(H2,15,16)(H,17,19)(H,18,20). The van der Waals surface area contributed by atoms with E-state index in [9.17, 15) is 9.59 Å². The molecule has 7 heteroatoms. The van der Waals surface area contributed by atoms with Crippen LogP contribution in [0.1, 0.15) is 17.3 Å². The predicted molar refractivity (Wildman–Crippen MR) is 78.3 cm³/mol. The predicted octanol–water partition coefficient (Wildman–Crippen LogP) is 0.615. The maximum atomic E-state index is 12.0. The normalized spacial score (nSPS) is 10.3. The van der Waals surface area contributed by atoms with Gasteiger partial charge in [-0.25, -0.2) is 0 Å². The van der Waals surface area contributed by atoms with Gasteiger partial charge >= 0.3 is 0 Å². The molecule has 2 amide bonds. The van der Waals surface area contributed by atoms with Gasteiger partial charge in [-0.15, -0.1) is 0 Å². The number of nitrogen functional groups attached to an aromatic ring is 1. The SMILES string of the molecule is CCOCC(=O)NNC(=O)c1cnc2ccccc2c1N. The largest absolute Gasteiger partial charge is 0.397 e. The fourth-order valence-corrected chi connectivity index (χ4v) is 1.77. The Labute approximate surface area is 121 Å². The molecule has 2 aromatic rings. The molecule has 0 saturated heterocycles. The first kappa shape index (κ1) is 14.7. The molecule has 0 aliphatic carbocycles. The van der Waals surface area contributed by atoms with Gasteiger partial charge in [-0.05, 0) is 13.0 Å². The maximum Gasteiger partial charge on any atom is 0.273 e. The van der Waals surface area contributed by atoms with E-state index >= 15 is 0 Å². The Morgan fingerprint density at radius 1 is 1.29 bits per heavy atom. The number of ether oxygens (including phenoxy) is 1. The van der Waals surface area contributed by atoms with Crippen LogP contribution < -0.4 is 16.6 Å². The van der Waals surface area contributed by atoms with Crippen molar-refractivity contribution in [2.45, 2.75) is 6.92 Å². The van der Waals surface area contributed by atoms with Crippen LogP contribution >= 0.6 is 0 Å². The van der Waals surface area contributed by atoms with Crippen LogP contribution in [-0.2, 0) is 9.53 Å². The van der Waals surface area contributed by atoms with Crippen LogP contribution in [0.15, 0.2) is 30.5 Å².